The number of benzene rings is 1. The van der Waals surface area contributed by atoms with E-state index in [-0.39, 0.29) is 11.5 Å². The van der Waals surface area contributed by atoms with Gasteiger partial charge >= 0.3 is 0 Å². The van der Waals surface area contributed by atoms with E-state index in [1.165, 1.54) is 0 Å². The molecule has 2 aliphatic rings. The van der Waals surface area contributed by atoms with Gasteiger partial charge in [-0.3, -0.25) is 4.79 Å². The fraction of sp³-hybridized carbons (Fsp3) is 0.444. The Morgan fingerprint density at radius 2 is 1.74 bits per heavy atom. The highest BCUT2D eigenvalue weighted by Crippen LogP contribution is 2.19. The molecule has 0 radical (unpaired) electrons. The summed E-state index contributed by atoms with van der Waals surface area (Å²) in [7, 11) is 0. The molecule has 0 bridgehead atoms. The van der Waals surface area contributed by atoms with Crippen LogP contribution in [0.15, 0.2) is 29.8 Å². The Morgan fingerprint density at radius 3 is 2.35 bits per heavy atom. The first-order chi connectivity index (χ1) is 11.3. The number of hydrogen-bond acceptors (Lipinski definition) is 4. The largest absolute Gasteiger partial charge is 0.378 e. The Bertz CT molecular complexity index is 619. The number of hydrogen-bond donors (Lipinski definition) is 0. The highest BCUT2D eigenvalue weighted by atomic mass is 16.5. The lowest BCUT2D eigenvalue weighted by Gasteiger charge is -2.28. The summed E-state index contributed by atoms with van der Waals surface area (Å²) < 4.78 is 5.36. The molecule has 1 aromatic rings. The second-order valence-electron chi connectivity index (χ2n) is 5.86. The lowest BCUT2D eigenvalue weighted by Crippen LogP contribution is -2.36. The van der Waals surface area contributed by atoms with Crippen molar-refractivity contribution in [3.05, 3.63) is 35.4 Å². The van der Waals surface area contributed by atoms with Crippen LogP contribution in [0.3, 0.4) is 0 Å². The standard InChI is InChI=1S/C18H21N3O2/c19-14-16(18(22)21-7-1-2-8-21)13-15-3-5-17(6-4-15)20-9-11-23-12-10-20/h3-6,13H,1-2,7-12H2/b16-13+. The Kier molecular flexibility index (Phi) is 4.94. The summed E-state index contributed by atoms with van der Waals surface area (Å²) in [5.74, 6) is -0.151. The van der Waals surface area contributed by atoms with Crippen LogP contribution in [-0.2, 0) is 9.53 Å². The maximum absolute atomic E-state index is 12.3. The van der Waals surface area contributed by atoms with Crippen molar-refractivity contribution in [3.63, 3.8) is 0 Å². The van der Waals surface area contributed by atoms with Gasteiger partial charge < -0.3 is 14.5 Å². The summed E-state index contributed by atoms with van der Waals surface area (Å²) in [5, 5.41) is 9.29. The molecule has 23 heavy (non-hydrogen) atoms. The Morgan fingerprint density at radius 1 is 1.09 bits per heavy atom. The number of likely N-dealkylation sites (tertiary alicyclic amines) is 1. The van der Waals surface area contributed by atoms with Gasteiger partial charge in [0.25, 0.3) is 5.91 Å². The summed E-state index contributed by atoms with van der Waals surface area (Å²) in [6, 6.07) is 10.0. The van der Waals surface area contributed by atoms with Gasteiger partial charge in [-0.25, -0.2) is 0 Å². The van der Waals surface area contributed by atoms with E-state index in [1.807, 2.05) is 30.3 Å². The monoisotopic (exact) mass is 311 g/mol. The van der Waals surface area contributed by atoms with Crippen LogP contribution in [0, 0.1) is 11.3 Å². The second-order valence-corrected chi connectivity index (χ2v) is 5.86. The molecule has 0 aromatic heterocycles. The molecule has 1 amide bonds. The Hall–Kier alpha value is -2.32. The summed E-state index contributed by atoms with van der Waals surface area (Å²) in [4.78, 5) is 16.3. The number of nitriles is 1. The van der Waals surface area contributed by atoms with Crippen molar-refractivity contribution < 1.29 is 9.53 Å². The highest BCUT2D eigenvalue weighted by Gasteiger charge is 2.21. The third-order valence-corrected chi connectivity index (χ3v) is 4.32. The number of carbonyl (C=O) groups excluding carboxylic acids is 1. The van der Waals surface area contributed by atoms with Crippen LogP contribution in [0.5, 0.6) is 0 Å². The van der Waals surface area contributed by atoms with E-state index in [2.05, 4.69) is 4.90 Å². The lowest BCUT2D eigenvalue weighted by atomic mass is 10.1. The van der Waals surface area contributed by atoms with E-state index in [9.17, 15) is 10.1 Å². The number of anilines is 1. The third-order valence-electron chi connectivity index (χ3n) is 4.32. The number of rotatable bonds is 3. The van der Waals surface area contributed by atoms with Crippen LogP contribution in [0.4, 0.5) is 5.69 Å². The zero-order chi connectivity index (χ0) is 16.1. The first-order valence-electron chi connectivity index (χ1n) is 8.12. The van der Waals surface area contributed by atoms with Gasteiger partial charge in [0, 0.05) is 31.9 Å². The first kappa shape index (κ1) is 15.6. The average molecular weight is 311 g/mol. The number of carbonyl (C=O) groups is 1. The van der Waals surface area contributed by atoms with Gasteiger partial charge in [-0.1, -0.05) is 12.1 Å². The summed E-state index contributed by atoms with van der Waals surface area (Å²) in [6.07, 6.45) is 3.74. The molecule has 1 aromatic carbocycles. The molecule has 0 spiro atoms. The summed E-state index contributed by atoms with van der Waals surface area (Å²) in [5.41, 5.74) is 2.24. The van der Waals surface area contributed by atoms with Gasteiger partial charge in [-0.2, -0.15) is 5.26 Å². The van der Waals surface area contributed by atoms with Crippen molar-refractivity contribution in [3.8, 4) is 6.07 Å². The van der Waals surface area contributed by atoms with Gasteiger partial charge in [0.05, 0.1) is 13.2 Å². The molecular formula is C18H21N3O2. The quantitative estimate of drug-likeness (QED) is 0.633. The second kappa shape index (κ2) is 7.30. The van der Waals surface area contributed by atoms with Crippen LogP contribution in [0.2, 0.25) is 0 Å². The molecule has 2 heterocycles. The Balaban J connectivity index is 1.72. The van der Waals surface area contributed by atoms with Gasteiger partial charge in [0.15, 0.2) is 0 Å². The molecule has 5 nitrogen and oxygen atoms in total. The molecule has 0 saturated carbocycles. The smallest absolute Gasteiger partial charge is 0.264 e. The van der Waals surface area contributed by atoms with Crippen molar-refractivity contribution in [2.45, 2.75) is 12.8 Å². The first-order valence-corrected chi connectivity index (χ1v) is 8.12. The maximum Gasteiger partial charge on any atom is 0.264 e. The van der Waals surface area contributed by atoms with Gasteiger partial charge in [-0.15, -0.1) is 0 Å². The summed E-state index contributed by atoms with van der Waals surface area (Å²) >= 11 is 0. The average Bonchev–Trinajstić information content (AvgIpc) is 3.15. The summed E-state index contributed by atoms with van der Waals surface area (Å²) in [6.45, 7) is 4.81. The molecule has 0 atom stereocenters. The van der Waals surface area contributed by atoms with Crippen molar-refractivity contribution in [1.82, 2.24) is 4.90 Å². The van der Waals surface area contributed by atoms with Crippen LogP contribution in [-0.4, -0.2) is 50.2 Å². The number of ether oxygens (including phenoxy) is 1. The Labute approximate surface area is 136 Å². The topological polar surface area (TPSA) is 56.6 Å². The number of amides is 1. The van der Waals surface area contributed by atoms with Gasteiger partial charge in [-0.05, 0) is 36.6 Å². The van der Waals surface area contributed by atoms with Crippen molar-refractivity contribution in [1.29, 1.82) is 5.26 Å². The van der Waals surface area contributed by atoms with Crippen LogP contribution < -0.4 is 4.90 Å². The third kappa shape index (κ3) is 3.72. The fourth-order valence-electron chi connectivity index (χ4n) is 3.00. The predicted molar refractivity (Wildman–Crippen MR) is 88.9 cm³/mol. The van der Waals surface area contributed by atoms with Crippen LogP contribution in [0.25, 0.3) is 6.08 Å². The molecule has 3 rings (SSSR count). The van der Waals surface area contributed by atoms with Crippen molar-refractivity contribution >= 4 is 17.7 Å². The molecule has 0 unspecified atom stereocenters. The number of morpholine rings is 1. The molecule has 5 heteroatoms. The minimum Gasteiger partial charge on any atom is -0.378 e. The van der Waals surface area contributed by atoms with Crippen LogP contribution >= 0.6 is 0 Å². The molecule has 0 N–H and O–H groups in total. The minimum atomic E-state index is -0.151. The SMILES string of the molecule is N#C/C(=C\c1ccc(N2CCOCC2)cc1)C(=O)N1CCCC1. The van der Waals surface area contributed by atoms with E-state index in [0.29, 0.717) is 0 Å². The minimum absolute atomic E-state index is 0.151. The fourth-order valence-corrected chi connectivity index (χ4v) is 3.00. The molecule has 2 fully saturated rings. The molecule has 120 valence electrons. The van der Waals surface area contributed by atoms with Gasteiger partial charge in [0.2, 0.25) is 0 Å². The van der Waals surface area contributed by atoms with E-state index >= 15 is 0 Å². The zero-order valence-corrected chi connectivity index (χ0v) is 13.2. The predicted octanol–water partition coefficient (Wildman–Crippen LogP) is 2.05. The van der Waals surface area contributed by atoms with E-state index < -0.39 is 0 Å². The molecule has 2 saturated heterocycles. The highest BCUT2D eigenvalue weighted by molar-refractivity contribution is 6.01. The zero-order valence-electron chi connectivity index (χ0n) is 13.2. The molecular weight excluding hydrogens is 290 g/mol. The normalized spacial score (nSPS) is 18.8. The number of nitrogens with zero attached hydrogens (tertiary/aromatic N) is 3. The van der Waals surface area contributed by atoms with E-state index in [0.717, 1.165) is 63.5 Å². The molecule has 0 aliphatic carbocycles. The van der Waals surface area contributed by atoms with Crippen molar-refractivity contribution in [2.75, 3.05) is 44.3 Å². The molecule has 2 aliphatic heterocycles. The lowest BCUT2D eigenvalue weighted by molar-refractivity contribution is -0.125. The maximum atomic E-state index is 12.3. The van der Waals surface area contributed by atoms with E-state index in [4.69, 9.17) is 4.74 Å². The van der Waals surface area contributed by atoms with E-state index in [1.54, 1.807) is 11.0 Å². The van der Waals surface area contributed by atoms with Gasteiger partial charge in [0.1, 0.15) is 11.6 Å². The van der Waals surface area contributed by atoms with Crippen LogP contribution in [0.1, 0.15) is 18.4 Å². The van der Waals surface area contributed by atoms with Crippen molar-refractivity contribution in [2.24, 2.45) is 0 Å².